The van der Waals surface area contributed by atoms with Crippen molar-refractivity contribution in [2.75, 3.05) is 5.32 Å². The fraction of sp³-hybridized carbons (Fsp3) is 0.0769. The summed E-state index contributed by atoms with van der Waals surface area (Å²) in [4.78, 5) is 23.3. The molecule has 0 unspecified atom stereocenters. The Morgan fingerprint density at radius 1 is 1.29 bits per heavy atom. The van der Waals surface area contributed by atoms with E-state index in [1.54, 1.807) is 11.4 Å². The third-order valence-corrected chi connectivity index (χ3v) is 3.73. The van der Waals surface area contributed by atoms with Gasteiger partial charge < -0.3 is 11.1 Å². The molecular formula is C13H11N5O2S. The Morgan fingerprint density at radius 2 is 2.10 bits per heavy atom. The molecule has 106 valence electrons. The molecule has 1 aromatic carbocycles. The van der Waals surface area contributed by atoms with E-state index < -0.39 is 5.91 Å². The molecule has 0 saturated heterocycles. The number of amides is 2. The van der Waals surface area contributed by atoms with Gasteiger partial charge in [0, 0.05) is 0 Å². The van der Waals surface area contributed by atoms with Crippen LogP contribution < -0.4 is 11.1 Å². The summed E-state index contributed by atoms with van der Waals surface area (Å²) in [6, 6.07) is 8.94. The van der Waals surface area contributed by atoms with Crippen LogP contribution in [0.1, 0.15) is 10.4 Å². The molecule has 0 fully saturated rings. The maximum absolute atomic E-state index is 12.1. The lowest BCUT2D eigenvalue weighted by Crippen LogP contribution is -2.21. The third kappa shape index (κ3) is 2.61. The first-order chi connectivity index (χ1) is 10.1. The number of fused-ring (bicyclic) bond motifs is 1. The highest BCUT2D eigenvalue weighted by Gasteiger charge is 2.14. The fourth-order valence-electron chi connectivity index (χ4n) is 1.94. The van der Waals surface area contributed by atoms with E-state index in [4.69, 9.17) is 5.73 Å². The zero-order valence-electron chi connectivity index (χ0n) is 10.8. The van der Waals surface area contributed by atoms with E-state index in [-0.39, 0.29) is 12.5 Å². The number of aromatic nitrogens is 3. The zero-order chi connectivity index (χ0) is 14.8. The van der Waals surface area contributed by atoms with Crippen molar-refractivity contribution in [2.45, 2.75) is 6.54 Å². The number of primary amides is 1. The van der Waals surface area contributed by atoms with Gasteiger partial charge in [-0.2, -0.15) is 0 Å². The second-order valence-corrected chi connectivity index (χ2v) is 5.23. The number of nitrogens with one attached hydrogen (secondary N) is 1. The minimum absolute atomic E-state index is 0.0105. The Morgan fingerprint density at radius 3 is 2.90 bits per heavy atom. The minimum Gasteiger partial charge on any atom is -0.366 e. The summed E-state index contributed by atoms with van der Waals surface area (Å²) in [6.45, 7) is 0.0105. The molecule has 2 heterocycles. The van der Waals surface area contributed by atoms with Gasteiger partial charge in [-0.25, -0.2) is 4.68 Å². The molecule has 0 atom stereocenters. The summed E-state index contributed by atoms with van der Waals surface area (Å²) in [5.74, 6) is -0.867. The molecule has 2 amide bonds. The van der Waals surface area contributed by atoms with Crippen molar-refractivity contribution in [2.24, 2.45) is 5.73 Å². The van der Waals surface area contributed by atoms with Gasteiger partial charge in [-0.05, 0) is 23.6 Å². The molecule has 0 aliphatic carbocycles. The van der Waals surface area contributed by atoms with Crippen LogP contribution in [0.25, 0.3) is 11.0 Å². The van der Waals surface area contributed by atoms with E-state index in [0.717, 1.165) is 11.0 Å². The second kappa shape index (κ2) is 5.33. The first-order valence-corrected chi connectivity index (χ1v) is 6.98. The molecule has 3 N–H and O–H groups in total. The molecular weight excluding hydrogens is 290 g/mol. The lowest BCUT2D eigenvalue weighted by molar-refractivity contribution is -0.116. The lowest BCUT2D eigenvalue weighted by atomic mass is 10.3. The molecule has 21 heavy (non-hydrogen) atoms. The molecule has 0 aliphatic rings. The SMILES string of the molecule is NC(=O)c1ccsc1NC(=O)Cn1nnc2ccccc21. The Balaban J connectivity index is 1.78. The van der Waals surface area contributed by atoms with Crippen molar-refractivity contribution < 1.29 is 9.59 Å². The number of para-hydroxylation sites is 1. The average molecular weight is 301 g/mol. The monoisotopic (exact) mass is 301 g/mol. The van der Waals surface area contributed by atoms with Crippen LogP contribution >= 0.6 is 11.3 Å². The van der Waals surface area contributed by atoms with Crippen LogP contribution in [0, 0.1) is 0 Å². The highest BCUT2D eigenvalue weighted by molar-refractivity contribution is 7.14. The normalized spacial score (nSPS) is 10.7. The van der Waals surface area contributed by atoms with Crippen molar-refractivity contribution in [1.29, 1.82) is 0 Å². The number of nitrogens with zero attached hydrogens (tertiary/aromatic N) is 3. The number of carbonyl (C=O) groups excluding carboxylic acids is 2. The predicted octanol–water partition coefficient (Wildman–Crippen LogP) is 1.23. The maximum Gasteiger partial charge on any atom is 0.251 e. The van der Waals surface area contributed by atoms with Gasteiger partial charge in [0.2, 0.25) is 5.91 Å². The Kier molecular flexibility index (Phi) is 3.36. The van der Waals surface area contributed by atoms with Crippen LogP contribution in [-0.4, -0.2) is 26.8 Å². The molecule has 0 bridgehead atoms. The zero-order valence-corrected chi connectivity index (χ0v) is 11.6. The van der Waals surface area contributed by atoms with Crippen molar-refractivity contribution in [1.82, 2.24) is 15.0 Å². The quantitative estimate of drug-likeness (QED) is 0.756. The van der Waals surface area contributed by atoms with Crippen LogP contribution in [0.2, 0.25) is 0 Å². The maximum atomic E-state index is 12.1. The van der Waals surface area contributed by atoms with E-state index in [1.165, 1.54) is 16.0 Å². The van der Waals surface area contributed by atoms with Crippen molar-refractivity contribution in [3.63, 3.8) is 0 Å². The van der Waals surface area contributed by atoms with Crippen LogP contribution in [0.3, 0.4) is 0 Å². The van der Waals surface area contributed by atoms with Crippen molar-refractivity contribution >= 4 is 39.2 Å². The number of rotatable bonds is 4. The highest BCUT2D eigenvalue weighted by Crippen LogP contribution is 2.22. The van der Waals surface area contributed by atoms with Crippen LogP contribution in [0.15, 0.2) is 35.7 Å². The average Bonchev–Trinajstić information content (AvgIpc) is 3.06. The van der Waals surface area contributed by atoms with E-state index in [2.05, 4.69) is 15.6 Å². The lowest BCUT2D eigenvalue weighted by Gasteiger charge is -2.05. The second-order valence-electron chi connectivity index (χ2n) is 4.31. The summed E-state index contributed by atoms with van der Waals surface area (Å²) < 4.78 is 1.50. The largest absolute Gasteiger partial charge is 0.366 e. The third-order valence-electron chi connectivity index (χ3n) is 2.90. The number of nitrogens with two attached hydrogens (primary N) is 1. The van der Waals surface area contributed by atoms with Crippen molar-refractivity contribution in [3.8, 4) is 0 Å². The summed E-state index contributed by atoms with van der Waals surface area (Å²) >= 11 is 1.24. The van der Waals surface area contributed by atoms with Gasteiger partial charge in [-0.3, -0.25) is 9.59 Å². The van der Waals surface area contributed by atoms with Gasteiger partial charge in [0.05, 0.1) is 11.1 Å². The van der Waals surface area contributed by atoms with Gasteiger partial charge in [-0.15, -0.1) is 16.4 Å². The van der Waals surface area contributed by atoms with E-state index in [9.17, 15) is 9.59 Å². The molecule has 0 radical (unpaired) electrons. The number of hydrogen-bond acceptors (Lipinski definition) is 5. The summed E-state index contributed by atoms with van der Waals surface area (Å²) in [5, 5.41) is 12.7. The van der Waals surface area contributed by atoms with Crippen molar-refractivity contribution in [3.05, 3.63) is 41.3 Å². The van der Waals surface area contributed by atoms with Gasteiger partial charge in [0.25, 0.3) is 5.91 Å². The first kappa shape index (κ1) is 13.3. The molecule has 3 rings (SSSR count). The van der Waals surface area contributed by atoms with Crippen LogP contribution in [-0.2, 0) is 11.3 Å². The Labute approximate surface area is 123 Å². The van der Waals surface area contributed by atoms with Crippen LogP contribution in [0.5, 0.6) is 0 Å². The topological polar surface area (TPSA) is 103 Å². The highest BCUT2D eigenvalue weighted by atomic mass is 32.1. The molecule has 0 saturated carbocycles. The molecule has 0 aliphatic heterocycles. The Hall–Kier alpha value is -2.74. The summed E-state index contributed by atoms with van der Waals surface area (Å²) in [6.07, 6.45) is 0. The molecule has 8 heteroatoms. The molecule has 7 nitrogen and oxygen atoms in total. The number of hydrogen-bond donors (Lipinski definition) is 2. The fourth-order valence-corrected chi connectivity index (χ4v) is 2.74. The summed E-state index contributed by atoms with van der Waals surface area (Å²) in [5.41, 5.74) is 7.03. The van der Waals surface area contributed by atoms with Gasteiger partial charge in [0.1, 0.15) is 17.1 Å². The number of thiophene rings is 1. The van der Waals surface area contributed by atoms with Gasteiger partial charge in [0.15, 0.2) is 0 Å². The first-order valence-electron chi connectivity index (χ1n) is 6.10. The smallest absolute Gasteiger partial charge is 0.251 e. The Bertz CT molecular complexity index is 823. The van der Waals surface area contributed by atoms with Gasteiger partial charge >= 0.3 is 0 Å². The molecule has 3 aromatic rings. The predicted molar refractivity (Wildman–Crippen MR) is 79.0 cm³/mol. The number of anilines is 1. The number of carbonyl (C=O) groups is 2. The minimum atomic E-state index is -0.572. The van der Waals surface area contributed by atoms with Crippen LogP contribution in [0.4, 0.5) is 5.00 Å². The van der Waals surface area contributed by atoms with Gasteiger partial charge in [-0.1, -0.05) is 17.3 Å². The van der Waals surface area contributed by atoms with E-state index in [1.807, 2.05) is 24.3 Å². The number of benzene rings is 1. The molecule has 0 spiro atoms. The summed E-state index contributed by atoms with van der Waals surface area (Å²) in [7, 11) is 0. The molecule has 2 aromatic heterocycles. The van der Waals surface area contributed by atoms with E-state index >= 15 is 0 Å². The standard InChI is InChI=1S/C13H11N5O2S/c14-12(20)8-5-6-21-13(8)15-11(19)7-18-10-4-2-1-3-9(10)16-17-18/h1-6H,7H2,(H2,14,20)(H,15,19). The van der Waals surface area contributed by atoms with E-state index in [0.29, 0.717) is 10.6 Å².